The van der Waals surface area contributed by atoms with Crippen LogP contribution in [0.25, 0.3) is 0 Å². The van der Waals surface area contributed by atoms with Crippen molar-refractivity contribution in [3.8, 4) is 0 Å². The monoisotopic (exact) mass is 275 g/mol. The molecule has 0 radical (unpaired) electrons. The molecule has 0 atom stereocenters. The number of hydrogen-bond donors (Lipinski definition) is 3. The van der Waals surface area contributed by atoms with Gasteiger partial charge >= 0.3 is 5.69 Å². The van der Waals surface area contributed by atoms with Crippen molar-refractivity contribution < 1.29 is 13.5 Å². The summed E-state index contributed by atoms with van der Waals surface area (Å²) >= 11 is 0. The van der Waals surface area contributed by atoms with E-state index in [1.807, 2.05) is 4.98 Å². The fourth-order valence-electron chi connectivity index (χ4n) is 1.68. The molecule has 9 heteroatoms. The summed E-state index contributed by atoms with van der Waals surface area (Å²) in [6.07, 6.45) is 2.30. The van der Waals surface area contributed by atoms with Crippen molar-refractivity contribution >= 4 is 10.0 Å². The standard InChI is InChI=1S/C9H13N3O5S/c13-4-3-12(6-1-2-6)18(16,17)7-5-10-9(15)11-8(7)14/h5-6,13H,1-4H2,(H2,10,11,14,15). The molecule has 1 saturated carbocycles. The molecule has 0 unspecified atom stereocenters. The number of sulfonamides is 1. The molecule has 0 amide bonds. The molecule has 100 valence electrons. The van der Waals surface area contributed by atoms with E-state index in [0.717, 1.165) is 10.5 Å². The van der Waals surface area contributed by atoms with E-state index in [9.17, 15) is 18.0 Å². The van der Waals surface area contributed by atoms with E-state index in [0.29, 0.717) is 12.8 Å². The number of H-pyrrole nitrogens is 2. The zero-order chi connectivity index (χ0) is 13.3. The summed E-state index contributed by atoms with van der Waals surface area (Å²) in [4.78, 5) is 25.8. The molecule has 0 aromatic carbocycles. The molecule has 8 nitrogen and oxygen atoms in total. The highest BCUT2D eigenvalue weighted by atomic mass is 32.2. The molecule has 1 heterocycles. The van der Waals surface area contributed by atoms with Crippen molar-refractivity contribution in [1.82, 2.24) is 14.3 Å². The van der Waals surface area contributed by atoms with E-state index in [1.54, 1.807) is 0 Å². The fraction of sp³-hybridized carbons (Fsp3) is 0.556. The summed E-state index contributed by atoms with van der Waals surface area (Å²) in [6.45, 7) is -0.386. The van der Waals surface area contributed by atoms with E-state index in [4.69, 9.17) is 5.11 Å². The van der Waals surface area contributed by atoms with Gasteiger partial charge in [0, 0.05) is 18.8 Å². The van der Waals surface area contributed by atoms with Crippen LogP contribution < -0.4 is 11.2 Å². The van der Waals surface area contributed by atoms with Crippen molar-refractivity contribution in [2.24, 2.45) is 0 Å². The van der Waals surface area contributed by atoms with Gasteiger partial charge in [0.05, 0.1) is 6.61 Å². The Morgan fingerprint density at radius 3 is 2.56 bits per heavy atom. The van der Waals surface area contributed by atoms with Gasteiger partial charge in [0.15, 0.2) is 4.90 Å². The maximum atomic E-state index is 12.2. The smallest absolute Gasteiger partial charge is 0.325 e. The zero-order valence-electron chi connectivity index (χ0n) is 9.42. The van der Waals surface area contributed by atoms with Crippen LogP contribution in [0.4, 0.5) is 0 Å². The molecular formula is C9H13N3O5S. The van der Waals surface area contributed by atoms with Crippen LogP contribution in [0.1, 0.15) is 12.8 Å². The van der Waals surface area contributed by atoms with E-state index >= 15 is 0 Å². The van der Waals surface area contributed by atoms with Gasteiger partial charge in [0.1, 0.15) is 0 Å². The maximum absolute atomic E-state index is 12.2. The first kappa shape index (κ1) is 13.0. The van der Waals surface area contributed by atoms with E-state index in [1.165, 1.54) is 0 Å². The average molecular weight is 275 g/mol. The molecule has 1 aliphatic carbocycles. The van der Waals surface area contributed by atoms with Crippen LogP contribution in [0.5, 0.6) is 0 Å². The van der Waals surface area contributed by atoms with Crippen LogP contribution >= 0.6 is 0 Å². The van der Waals surface area contributed by atoms with Gasteiger partial charge in [0.2, 0.25) is 10.0 Å². The first-order valence-electron chi connectivity index (χ1n) is 5.41. The van der Waals surface area contributed by atoms with E-state index < -0.39 is 26.2 Å². The number of aromatic nitrogens is 2. The van der Waals surface area contributed by atoms with Crippen molar-refractivity contribution in [2.75, 3.05) is 13.2 Å². The normalized spacial score (nSPS) is 16.1. The minimum atomic E-state index is -3.99. The molecule has 3 N–H and O–H groups in total. The highest BCUT2D eigenvalue weighted by molar-refractivity contribution is 7.89. The number of nitrogens with zero attached hydrogens (tertiary/aromatic N) is 1. The van der Waals surface area contributed by atoms with Crippen molar-refractivity contribution in [2.45, 2.75) is 23.8 Å². The van der Waals surface area contributed by atoms with Gasteiger partial charge < -0.3 is 10.1 Å². The highest BCUT2D eigenvalue weighted by Gasteiger charge is 2.38. The Morgan fingerprint density at radius 1 is 1.39 bits per heavy atom. The maximum Gasteiger partial charge on any atom is 0.325 e. The third-order valence-electron chi connectivity index (χ3n) is 2.65. The quantitative estimate of drug-likeness (QED) is 0.585. The van der Waals surface area contributed by atoms with Gasteiger partial charge in [-0.1, -0.05) is 0 Å². The lowest BCUT2D eigenvalue weighted by atomic mass is 10.6. The number of nitrogens with one attached hydrogen (secondary N) is 2. The van der Waals surface area contributed by atoms with Crippen LogP contribution in [0, 0.1) is 0 Å². The first-order valence-corrected chi connectivity index (χ1v) is 6.85. The molecular weight excluding hydrogens is 262 g/mol. The number of rotatable bonds is 5. The van der Waals surface area contributed by atoms with Gasteiger partial charge in [-0.15, -0.1) is 0 Å². The molecule has 0 saturated heterocycles. The molecule has 0 spiro atoms. The van der Waals surface area contributed by atoms with Crippen LogP contribution in [0.2, 0.25) is 0 Å². The lowest BCUT2D eigenvalue weighted by Crippen LogP contribution is -2.39. The predicted molar refractivity (Wildman–Crippen MR) is 61.7 cm³/mol. The number of hydrogen-bond acceptors (Lipinski definition) is 5. The molecule has 1 fully saturated rings. The van der Waals surface area contributed by atoms with Gasteiger partial charge in [-0.3, -0.25) is 9.78 Å². The molecule has 18 heavy (non-hydrogen) atoms. The topological polar surface area (TPSA) is 123 Å². The third kappa shape index (κ3) is 2.37. The summed E-state index contributed by atoms with van der Waals surface area (Å²) in [5.74, 6) is 0. The Morgan fingerprint density at radius 2 is 2.06 bits per heavy atom. The molecule has 2 rings (SSSR count). The summed E-state index contributed by atoms with van der Waals surface area (Å²) in [5, 5.41) is 8.89. The second-order valence-electron chi connectivity index (χ2n) is 4.01. The predicted octanol–water partition coefficient (Wildman–Crippen LogP) is -1.79. The van der Waals surface area contributed by atoms with Gasteiger partial charge in [-0.25, -0.2) is 13.2 Å². The van der Waals surface area contributed by atoms with E-state index in [2.05, 4.69) is 4.98 Å². The first-order chi connectivity index (χ1) is 8.46. The Balaban J connectivity index is 2.46. The summed E-state index contributed by atoms with van der Waals surface area (Å²) in [5.41, 5.74) is -1.72. The van der Waals surface area contributed by atoms with Gasteiger partial charge in [-0.05, 0) is 12.8 Å². The number of aromatic amines is 2. The highest BCUT2D eigenvalue weighted by Crippen LogP contribution is 2.30. The van der Waals surface area contributed by atoms with Crippen LogP contribution in [0.15, 0.2) is 20.7 Å². The van der Waals surface area contributed by atoms with Gasteiger partial charge in [0.25, 0.3) is 5.56 Å². The third-order valence-corrected chi connectivity index (χ3v) is 4.60. The zero-order valence-corrected chi connectivity index (χ0v) is 10.2. The number of aliphatic hydroxyl groups is 1. The van der Waals surface area contributed by atoms with Crippen LogP contribution in [-0.4, -0.2) is 47.0 Å². The largest absolute Gasteiger partial charge is 0.395 e. The Kier molecular flexibility index (Phi) is 3.37. The lowest BCUT2D eigenvalue weighted by molar-refractivity contribution is 0.250. The fourth-order valence-corrected chi connectivity index (χ4v) is 3.35. The molecule has 1 aliphatic rings. The SMILES string of the molecule is O=c1[nH]cc(S(=O)(=O)N(CCO)C2CC2)c(=O)[nH]1. The Bertz CT molecular complexity index is 643. The van der Waals surface area contributed by atoms with Crippen molar-refractivity contribution in [3.05, 3.63) is 27.0 Å². The minimum absolute atomic E-state index is 0.0639. The molecule has 0 bridgehead atoms. The Labute approximate surface area is 102 Å². The summed E-state index contributed by atoms with van der Waals surface area (Å²) in [7, 11) is -3.99. The van der Waals surface area contributed by atoms with Crippen molar-refractivity contribution in [3.63, 3.8) is 0 Å². The molecule has 1 aromatic heterocycles. The molecule has 1 aromatic rings. The second kappa shape index (κ2) is 4.67. The van der Waals surface area contributed by atoms with Gasteiger partial charge in [-0.2, -0.15) is 4.31 Å². The molecule has 0 aliphatic heterocycles. The minimum Gasteiger partial charge on any atom is -0.395 e. The lowest BCUT2D eigenvalue weighted by Gasteiger charge is -2.19. The van der Waals surface area contributed by atoms with Crippen LogP contribution in [-0.2, 0) is 10.0 Å². The van der Waals surface area contributed by atoms with Crippen molar-refractivity contribution in [1.29, 1.82) is 0 Å². The summed E-state index contributed by atoms with van der Waals surface area (Å²) in [6, 6.07) is -0.173. The second-order valence-corrected chi connectivity index (χ2v) is 5.87. The van der Waals surface area contributed by atoms with E-state index in [-0.39, 0.29) is 19.2 Å². The van der Waals surface area contributed by atoms with Crippen LogP contribution in [0.3, 0.4) is 0 Å². The Hall–Kier alpha value is -1.45. The average Bonchev–Trinajstić information content (AvgIpc) is 3.08. The summed E-state index contributed by atoms with van der Waals surface area (Å²) < 4.78 is 25.5. The number of aliphatic hydroxyl groups excluding tert-OH is 1.